The van der Waals surface area contributed by atoms with E-state index >= 15 is 0 Å². The highest BCUT2D eigenvalue weighted by Crippen LogP contribution is 2.43. The van der Waals surface area contributed by atoms with Crippen molar-refractivity contribution >= 4 is 19.7 Å². The van der Waals surface area contributed by atoms with Crippen LogP contribution in [0.3, 0.4) is 0 Å². The molecule has 0 bridgehead atoms. The van der Waals surface area contributed by atoms with Crippen LogP contribution in [0, 0.1) is 0 Å². The second-order valence-corrected chi connectivity index (χ2v) is 23.5. The molecule has 0 spiro atoms. The number of quaternary nitrogens is 1. The fourth-order valence-corrected chi connectivity index (χ4v) is 9.35. The smallest absolute Gasteiger partial charge is 0.456 e. The molecule has 0 aliphatic carbocycles. The average molecular weight is 1080 g/mol. The van der Waals surface area contributed by atoms with Gasteiger partial charge in [0.1, 0.15) is 19.3 Å². The topological polar surface area (TPSA) is 111 Å². The highest BCUT2D eigenvalue weighted by Gasteiger charge is 2.30. The van der Waals surface area contributed by atoms with E-state index in [0.717, 1.165) is 64.2 Å². The first-order chi connectivity index (χ1) is 36.9. The third-order valence-corrected chi connectivity index (χ3v) is 14.4. The van der Waals surface area contributed by atoms with Gasteiger partial charge in [0.25, 0.3) is 0 Å². The zero-order chi connectivity index (χ0) is 55.7. The minimum Gasteiger partial charge on any atom is -0.456 e. The lowest BCUT2D eigenvalue weighted by molar-refractivity contribution is -0.870. The van der Waals surface area contributed by atoms with E-state index in [9.17, 15) is 19.0 Å². The van der Waals surface area contributed by atoms with Gasteiger partial charge in [0, 0.05) is 12.8 Å². The van der Waals surface area contributed by atoms with Gasteiger partial charge < -0.3 is 19.4 Å². The number of carbonyl (C=O) groups excluding carboxylic acids is 2. The van der Waals surface area contributed by atoms with Gasteiger partial charge in [0.15, 0.2) is 0 Å². The van der Waals surface area contributed by atoms with Crippen LogP contribution in [0.4, 0.5) is 0 Å². The first-order valence-corrected chi connectivity index (χ1v) is 32.6. The van der Waals surface area contributed by atoms with Gasteiger partial charge >= 0.3 is 13.8 Å². The Kier molecular flexibility index (Phi) is 53.0. The lowest BCUT2D eigenvalue weighted by Crippen LogP contribution is -2.47. The number of unbranched alkanes of at least 4 members (excludes halogenated alkanes) is 30. The maximum Gasteiger partial charge on any atom is 0.472 e. The number of hydrogen-bond donors (Lipinski definition) is 2. The predicted molar refractivity (Wildman–Crippen MR) is 327 cm³/mol. The number of esters is 1. The highest BCUT2D eigenvalue weighted by atomic mass is 31.2. The number of phosphoric acid groups is 1. The van der Waals surface area contributed by atoms with Gasteiger partial charge in [0.05, 0.1) is 33.8 Å². The lowest BCUT2D eigenvalue weighted by atomic mass is 10.0. The molecule has 0 aliphatic rings. The van der Waals surface area contributed by atoms with Crippen molar-refractivity contribution in [2.24, 2.45) is 0 Å². The van der Waals surface area contributed by atoms with Crippen LogP contribution in [0.2, 0.25) is 0 Å². The van der Waals surface area contributed by atoms with Crippen LogP contribution >= 0.6 is 7.82 Å². The summed E-state index contributed by atoms with van der Waals surface area (Å²) in [7, 11) is 1.46. The normalized spacial score (nSPS) is 14.4. The molecule has 0 rings (SSSR count). The van der Waals surface area contributed by atoms with E-state index in [4.69, 9.17) is 13.8 Å². The number of amides is 1. The summed E-state index contributed by atoms with van der Waals surface area (Å²) in [5.41, 5.74) is 0. The number of phosphoric ester groups is 1. The molecular weight excluding hydrogens is 964 g/mol. The molecule has 0 aromatic carbocycles. The van der Waals surface area contributed by atoms with Crippen molar-refractivity contribution in [2.75, 3.05) is 40.9 Å². The molecule has 10 heteroatoms. The minimum absolute atomic E-state index is 0.0284. The molecule has 2 N–H and O–H groups in total. The Morgan fingerprint density at radius 2 is 0.855 bits per heavy atom. The molecule has 76 heavy (non-hydrogen) atoms. The molecule has 3 atom stereocenters. The maximum atomic E-state index is 13.6. The highest BCUT2D eigenvalue weighted by molar-refractivity contribution is 7.47. The van der Waals surface area contributed by atoms with E-state index in [1.807, 2.05) is 94.1 Å². The lowest BCUT2D eigenvalue weighted by Gasteiger charge is -2.27. The van der Waals surface area contributed by atoms with Crippen molar-refractivity contribution in [3.63, 3.8) is 0 Å². The summed E-state index contributed by atoms with van der Waals surface area (Å²) < 4.78 is 30.7. The van der Waals surface area contributed by atoms with Gasteiger partial charge in [-0.15, -0.1) is 0 Å². The van der Waals surface area contributed by atoms with Crippen molar-refractivity contribution in [2.45, 2.75) is 270 Å². The van der Waals surface area contributed by atoms with E-state index in [2.05, 4.69) is 50.4 Å². The molecule has 0 saturated heterocycles. The summed E-state index contributed by atoms with van der Waals surface area (Å²) in [6, 6.07) is -0.872. The minimum atomic E-state index is -4.46. The van der Waals surface area contributed by atoms with E-state index in [-0.39, 0.29) is 31.5 Å². The third kappa shape index (κ3) is 55.7. The number of carbonyl (C=O) groups is 2. The van der Waals surface area contributed by atoms with Crippen LogP contribution in [0.15, 0.2) is 97.2 Å². The Bertz CT molecular complexity index is 1620. The molecule has 0 radical (unpaired) electrons. The SMILES string of the molecule is CC\C=C/C=C/C=C/C=C\C=C\C=C\CCCCCC(=O)OC(/C=C\CCCCCCCCCCCC)C(COP(=O)(O)OCC[N+](C)(C)C)NC(=O)CCCCCCCCCCCCC/C=C/CCCCCCCC. The Morgan fingerprint density at radius 1 is 0.474 bits per heavy atom. The first-order valence-electron chi connectivity index (χ1n) is 31.1. The first kappa shape index (κ1) is 72.9. The zero-order valence-electron chi connectivity index (χ0n) is 50.0. The van der Waals surface area contributed by atoms with Gasteiger partial charge in [-0.05, 0) is 76.7 Å². The summed E-state index contributed by atoms with van der Waals surface area (Å²) >= 11 is 0. The van der Waals surface area contributed by atoms with Gasteiger partial charge in [-0.3, -0.25) is 18.6 Å². The average Bonchev–Trinajstić information content (AvgIpc) is 3.38. The monoisotopic (exact) mass is 1080 g/mol. The molecule has 0 saturated carbocycles. The number of likely N-dealkylation sites (N-methyl/N-ethyl adjacent to an activating group) is 1. The van der Waals surface area contributed by atoms with Crippen LogP contribution < -0.4 is 5.32 Å². The van der Waals surface area contributed by atoms with E-state index in [0.29, 0.717) is 23.9 Å². The van der Waals surface area contributed by atoms with E-state index in [1.54, 1.807) is 0 Å². The molecule has 1 amide bonds. The fourth-order valence-electron chi connectivity index (χ4n) is 8.61. The molecule has 0 aromatic heterocycles. The van der Waals surface area contributed by atoms with Crippen molar-refractivity contribution < 1.29 is 37.3 Å². The Morgan fingerprint density at radius 3 is 1.32 bits per heavy atom. The van der Waals surface area contributed by atoms with Crippen molar-refractivity contribution in [1.29, 1.82) is 0 Å². The van der Waals surface area contributed by atoms with Crippen molar-refractivity contribution in [1.82, 2.24) is 5.32 Å². The van der Waals surface area contributed by atoms with Gasteiger partial charge in [-0.25, -0.2) is 4.57 Å². The molecule has 0 aromatic rings. The summed E-state index contributed by atoms with van der Waals surface area (Å²) in [4.78, 5) is 37.7. The molecule has 0 fully saturated rings. The predicted octanol–water partition coefficient (Wildman–Crippen LogP) is 19.2. The Balaban J connectivity index is 5.31. The van der Waals surface area contributed by atoms with Gasteiger partial charge in [-0.2, -0.15) is 0 Å². The second-order valence-electron chi connectivity index (χ2n) is 22.0. The number of rotatable bonds is 55. The molecule has 0 heterocycles. The van der Waals surface area contributed by atoms with Crippen molar-refractivity contribution in [3.05, 3.63) is 97.2 Å². The van der Waals surface area contributed by atoms with Gasteiger partial charge in [-0.1, -0.05) is 266 Å². The zero-order valence-corrected chi connectivity index (χ0v) is 50.9. The number of nitrogens with one attached hydrogen (secondary N) is 1. The molecule has 9 nitrogen and oxygen atoms in total. The molecule has 0 aliphatic heterocycles. The summed E-state index contributed by atoms with van der Waals surface area (Å²) in [6.45, 7) is 6.83. The summed E-state index contributed by atoms with van der Waals surface area (Å²) in [5, 5.41) is 3.04. The Hall–Kier alpha value is -3.07. The maximum absolute atomic E-state index is 13.6. The van der Waals surface area contributed by atoms with Crippen LogP contribution in [-0.4, -0.2) is 74.3 Å². The van der Waals surface area contributed by atoms with Crippen molar-refractivity contribution in [3.8, 4) is 0 Å². The van der Waals surface area contributed by atoms with E-state index < -0.39 is 20.0 Å². The summed E-state index contributed by atoms with van der Waals surface area (Å²) in [6.07, 6.45) is 74.0. The summed E-state index contributed by atoms with van der Waals surface area (Å²) in [5.74, 6) is -0.558. The second kappa shape index (κ2) is 55.3. The van der Waals surface area contributed by atoms with E-state index in [1.165, 1.54) is 154 Å². The molecular formula is C66H118N2O7P+. The number of hydrogen-bond acceptors (Lipinski definition) is 6. The Labute approximate surface area is 468 Å². The van der Waals surface area contributed by atoms with Crippen LogP contribution in [0.1, 0.15) is 258 Å². The van der Waals surface area contributed by atoms with Crippen LogP contribution in [-0.2, 0) is 27.9 Å². The third-order valence-electron chi connectivity index (χ3n) is 13.4. The molecule has 3 unspecified atom stereocenters. The van der Waals surface area contributed by atoms with Crippen LogP contribution in [0.25, 0.3) is 0 Å². The number of allylic oxidation sites excluding steroid dienone is 15. The number of nitrogens with zero attached hydrogens (tertiary/aromatic N) is 1. The number of ether oxygens (including phenoxy) is 1. The molecule has 438 valence electrons. The van der Waals surface area contributed by atoms with Gasteiger partial charge in [0.2, 0.25) is 5.91 Å². The standard InChI is InChI=1S/C66H117N2O7P/c1-7-10-13-16-19-22-25-28-30-32-33-34-35-37-38-40-43-46-49-52-55-58-65(69)67-63(62-74-76(71,72)73-61-60-68(4,5)6)64(57-54-51-48-45-42-27-24-21-18-15-12-9-3)75-66(70)59-56-53-50-47-44-41-39-36-31-29-26-23-20-17-14-11-8-2/h11,14,17,20,23,26,28-31,36,39,41,44,54,57,63-64H,7-10,12-13,15-16,18-19,21-22,24-25,27,32-35,37-38,40,42-43,45-53,55-56,58-62H2,1-6H3,(H-,67,69,71,72)/p+1/b14-11-,20-17+,26-23+,30-28+,31-29-,39-36+,44-41+,57-54-. The van der Waals surface area contributed by atoms with Crippen LogP contribution in [0.5, 0.6) is 0 Å². The fraction of sp³-hybridized carbons (Fsp3) is 0.727. The largest absolute Gasteiger partial charge is 0.472 e. The quantitative estimate of drug-likeness (QED) is 0.0156.